The fourth-order valence-corrected chi connectivity index (χ4v) is 3.52. The third-order valence-corrected chi connectivity index (χ3v) is 5.07. The van der Waals surface area contributed by atoms with E-state index in [1.165, 1.54) is 4.90 Å². The molecule has 2 heterocycles. The second-order valence-electron chi connectivity index (χ2n) is 6.92. The summed E-state index contributed by atoms with van der Waals surface area (Å²) in [5.74, 6) is -2.04. The van der Waals surface area contributed by atoms with E-state index in [0.717, 1.165) is 17.5 Å². The number of amides is 2. The van der Waals surface area contributed by atoms with Crippen molar-refractivity contribution in [3.05, 3.63) is 59.2 Å². The van der Waals surface area contributed by atoms with Gasteiger partial charge < -0.3 is 14.8 Å². The van der Waals surface area contributed by atoms with E-state index in [1.54, 1.807) is 0 Å². The summed E-state index contributed by atoms with van der Waals surface area (Å²) < 4.78 is 11.6. The lowest BCUT2D eigenvalue weighted by atomic mass is 10.1. The van der Waals surface area contributed by atoms with Crippen LogP contribution in [0.5, 0.6) is 0 Å². The number of nitrogens with zero attached hydrogens (tertiary/aromatic N) is 1. The highest BCUT2D eigenvalue weighted by Gasteiger charge is 2.55. The Hall–Kier alpha value is -2.70. The van der Waals surface area contributed by atoms with Gasteiger partial charge in [0, 0.05) is 11.3 Å². The summed E-state index contributed by atoms with van der Waals surface area (Å²) in [5.41, 5.74) is 4.28. The van der Waals surface area contributed by atoms with Gasteiger partial charge in [-0.1, -0.05) is 24.3 Å². The van der Waals surface area contributed by atoms with E-state index in [2.05, 4.69) is 5.32 Å². The summed E-state index contributed by atoms with van der Waals surface area (Å²) in [6.45, 7) is 4.81. The smallest absolute Gasteiger partial charge is 0.293 e. The number of nitrogens with one attached hydrogen (secondary N) is 1. The highest BCUT2D eigenvalue weighted by Crippen LogP contribution is 2.44. The Morgan fingerprint density at radius 2 is 1.85 bits per heavy atom. The van der Waals surface area contributed by atoms with E-state index in [4.69, 9.17) is 9.47 Å². The van der Waals surface area contributed by atoms with Crippen LogP contribution in [-0.4, -0.2) is 31.6 Å². The molecule has 0 unspecified atom stereocenters. The largest absolute Gasteiger partial charge is 0.338 e. The molecule has 4 rings (SSSR count). The topological polar surface area (TPSA) is 67.9 Å². The first-order chi connectivity index (χ1) is 13.0. The number of aryl methyl sites for hydroxylation is 2. The van der Waals surface area contributed by atoms with Gasteiger partial charge in [-0.3, -0.25) is 14.5 Å². The van der Waals surface area contributed by atoms with Crippen LogP contribution < -0.4 is 10.2 Å². The average molecular weight is 366 g/mol. The second kappa shape index (κ2) is 6.79. The monoisotopic (exact) mass is 366 g/mol. The van der Waals surface area contributed by atoms with E-state index >= 15 is 0 Å². The molecule has 1 saturated heterocycles. The number of anilines is 2. The predicted octanol–water partition coefficient (Wildman–Crippen LogP) is 2.88. The molecule has 1 spiro atoms. The molecule has 2 aliphatic rings. The minimum Gasteiger partial charge on any atom is -0.338 e. The Morgan fingerprint density at radius 1 is 1.11 bits per heavy atom. The molecule has 1 N–H and O–H groups in total. The molecule has 27 heavy (non-hydrogen) atoms. The van der Waals surface area contributed by atoms with Crippen molar-refractivity contribution in [3.8, 4) is 0 Å². The quantitative estimate of drug-likeness (QED) is 0.907. The zero-order valence-corrected chi connectivity index (χ0v) is 15.5. The molecule has 0 bridgehead atoms. The van der Waals surface area contributed by atoms with Crippen LogP contribution in [0.25, 0.3) is 0 Å². The molecule has 0 aliphatic carbocycles. The van der Waals surface area contributed by atoms with Crippen LogP contribution in [0.4, 0.5) is 11.4 Å². The molecule has 2 aromatic carbocycles. The molecular weight excluding hydrogens is 344 g/mol. The van der Waals surface area contributed by atoms with Crippen LogP contribution in [0.1, 0.15) is 23.1 Å². The lowest BCUT2D eigenvalue weighted by molar-refractivity contribution is -0.256. The van der Waals surface area contributed by atoms with Crippen LogP contribution in [0.2, 0.25) is 0 Å². The molecular formula is C21H22N2O4. The Bertz CT molecular complexity index is 903. The van der Waals surface area contributed by atoms with E-state index < -0.39 is 5.79 Å². The second-order valence-corrected chi connectivity index (χ2v) is 6.92. The fourth-order valence-electron chi connectivity index (χ4n) is 3.52. The van der Waals surface area contributed by atoms with Gasteiger partial charge in [0.15, 0.2) is 0 Å². The van der Waals surface area contributed by atoms with Gasteiger partial charge in [0.2, 0.25) is 5.91 Å². The summed E-state index contributed by atoms with van der Waals surface area (Å²) in [7, 11) is 0. The number of fused-ring (bicyclic) bond motifs is 2. The van der Waals surface area contributed by atoms with E-state index in [0.29, 0.717) is 30.2 Å². The first kappa shape index (κ1) is 17.7. The molecule has 140 valence electrons. The Labute approximate surface area is 158 Å². The third-order valence-electron chi connectivity index (χ3n) is 5.07. The van der Waals surface area contributed by atoms with E-state index in [-0.39, 0.29) is 18.4 Å². The maximum atomic E-state index is 13.1. The normalized spacial score (nSPS) is 17.9. The first-order valence-corrected chi connectivity index (χ1v) is 9.08. The molecule has 0 atom stereocenters. The maximum Gasteiger partial charge on any atom is 0.293 e. The van der Waals surface area contributed by atoms with Crippen LogP contribution >= 0.6 is 0 Å². The van der Waals surface area contributed by atoms with Crippen LogP contribution in [0.15, 0.2) is 42.5 Å². The first-order valence-electron chi connectivity index (χ1n) is 9.08. The number of hydrogen-bond donors (Lipinski definition) is 1. The Morgan fingerprint density at radius 3 is 2.59 bits per heavy atom. The van der Waals surface area contributed by atoms with Gasteiger partial charge in [0.1, 0.15) is 6.54 Å². The van der Waals surface area contributed by atoms with Crippen molar-refractivity contribution in [1.29, 1.82) is 0 Å². The minimum absolute atomic E-state index is 0.1000. The lowest BCUT2D eigenvalue weighted by Gasteiger charge is -2.32. The van der Waals surface area contributed by atoms with E-state index in [1.807, 2.05) is 56.3 Å². The van der Waals surface area contributed by atoms with Gasteiger partial charge in [-0.25, -0.2) is 0 Å². The maximum absolute atomic E-state index is 13.1. The molecule has 1 fully saturated rings. The molecule has 2 aliphatic heterocycles. The van der Waals surface area contributed by atoms with Crippen LogP contribution in [-0.2, 0) is 24.8 Å². The fraction of sp³-hybridized carbons (Fsp3) is 0.333. The number of carbonyl (C=O) groups is 2. The SMILES string of the molecule is Cc1ccc(NC(=O)CN2C(=O)C3(OCCCO3)c3ccccc32)cc1C. The molecule has 0 radical (unpaired) electrons. The number of benzene rings is 2. The zero-order chi connectivity index (χ0) is 19.0. The van der Waals surface area contributed by atoms with Gasteiger partial charge in [-0.2, -0.15) is 0 Å². The molecule has 6 nitrogen and oxygen atoms in total. The number of para-hydroxylation sites is 1. The van der Waals surface area contributed by atoms with Crippen LogP contribution in [0.3, 0.4) is 0 Å². The average Bonchev–Trinajstić information content (AvgIpc) is 2.89. The molecule has 0 aromatic heterocycles. The number of rotatable bonds is 3. The van der Waals surface area contributed by atoms with Crippen LogP contribution in [0, 0.1) is 13.8 Å². The van der Waals surface area contributed by atoms with Gasteiger partial charge in [0.25, 0.3) is 11.7 Å². The highest BCUT2D eigenvalue weighted by molar-refractivity contribution is 6.10. The number of hydrogen-bond acceptors (Lipinski definition) is 4. The highest BCUT2D eigenvalue weighted by atomic mass is 16.7. The van der Waals surface area contributed by atoms with Crippen molar-refractivity contribution < 1.29 is 19.1 Å². The summed E-state index contributed by atoms with van der Waals surface area (Å²) in [4.78, 5) is 27.2. The van der Waals surface area contributed by atoms with Crippen molar-refractivity contribution in [2.24, 2.45) is 0 Å². The van der Waals surface area contributed by atoms with Crippen molar-refractivity contribution in [2.45, 2.75) is 26.1 Å². The molecule has 2 aromatic rings. The van der Waals surface area contributed by atoms with Gasteiger partial charge in [-0.15, -0.1) is 0 Å². The molecule has 6 heteroatoms. The summed E-state index contributed by atoms with van der Waals surface area (Å²) in [6, 6.07) is 13.0. The Kier molecular flexibility index (Phi) is 4.45. The van der Waals surface area contributed by atoms with E-state index in [9.17, 15) is 9.59 Å². The summed E-state index contributed by atoms with van der Waals surface area (Å²) in [5, 5.41) is 2.87. The third kappa shape index (κ3) is 3.01. The van der Waals surface area contributed by atoms with Crippen molar-refractivity contribution in [3.63, 3.8) is 0 Å². The van der Waals surface area contributed by atoms with Gasteiger partial charge in [0.05, 0.1) is 18.9 Å². The molecule has 2 amide bonds. The zero-order valence-electron chi connectivity index (χ0n) is 15.5. The summed E-state index contributed by atoms with van der Waals surface area (Å²) in [6.07, 6.45) is 0.741. The molecule has 0 saturated carbocycles. The van der Waals surface area contributed by atoms with Gasteiger partial charge >= 0.3 is 0 Å². The summed E-state index contributed by atoms with van der Waals surface area (Å²) >= 11 is 0. The lowest BCUT2D eigenvalue weighted by Crippen LogP contribution is -2.48. The van der Waals surface area contributed by atoms with Crippen molar-refractivity contribution >= 4 is 23.2 Å². The number of ether oxygens (including phenoxy) is 2. The van der Waals surface area contributed by atoms with Crippen molar-refractivity contribution in [2.75, 3.05) is 30.0 Å². The van der Waals surface area contributed by atoms with Gasteiger partial charge in [-0.05, 0) is 49.6 Å². The van der Waals surface area contributed by atoms with Crippen molar-refractivity contribution in [1.82, 2.24) is 0 Å². The number of carbonyl (C=O) groups excluding carboxylic acids is 2. The Balaban J connectivity index is 1.57. The standard InChI is InChI=1S/C21H22N2O4/c1-14-8-9-16(12-15(14)2)22-19(24)13-23-18-7-4-3-6-17(18)21(20(23)25)26-10-5-11-27-21/h3-4,6-9,12H,5,10-11,13H2,1-2H3,(H,22,24). The predicted molar refractivity (Wildman–Crippen MR) is 102 cm³/mol. The minimum atomic E-state index is -1.42.